The van der Waals surface area contributed by atoms with Gasteiger partial charge in [-0.2, -0.15) is 0 Å². The molecule has 24 heavy (non-hydrogen) atoms. The van der Waals surface area contributed by atoms with Gasteiger partial charge in [-0.05, 0) is 98.7 Å². The van der Waals surface area contributed by atoms with Crippen LogP contribution >= 0.6 is 11.6 Å². The Morgan fingerprint density at radius 1 is 1.17 bits per heavy atom. The molecule has 4 aliphatic carbocycles. The smallest absolute Gasteiger partial charge is 0.337 e. The van der Waals surface area contributed by atoms with Crippen molar-refractivity contribution in [2.75, 3.05) is 7.11 Å². The summed E-state index contributed by atoms with van der Waals surface area (Å²) in [6.07, 6.45) is 12.6. The van der Waals surface area contributed by atoms with Crippen molar-refractivity contribution in [3.05, 3.63) is 34.3 Å². The van der Waals surface area contributed by atoms with E-state index in [-0.39, 0.29) is 5.97 Å². The van der Waals surface area contributed by atoms with Crippen LogP contribution in [-0.2, 0) is 11.2 Å². The largest absolute Gasteiger partial charge is 0.465 e. The van der Waals surface area contributed by atoms with Crippen LogP contribution in [0.4, 0.5) is 0 Å². The Morgan fingerprint density at radius 2 is 1.79 bits per heavy atom. The summed E-state index contributed by atoms with van der Waals surface area (Å²) in [7, 11) is 1.40. The summed E-state index contributed by atoms with van der Waals surface area (Å²) in [6, 6.07) is 5.57. The van der Waals surface area contributed by atoms with Crippen LogP contribution in [0.1, 0.15) is 67.3 Å². The fourth-order valence-electron chi connectivity index (χ4n) is 6.24. The minimum atomic E-state index is -0.322. The van der Waals surface area contributed by atoms with Gasteiger partial charge in [0.15, 0.2) is 0 Å². The minimum absolute atomic E-state index is 0.322. The van der Waals surface area contributed by atoms with Gasteiger partial charge in [0.05, 0.1) is 12.7 Å². The lowest BCUT2D eigenvalue weighted by atomic mass is 9.48. The predicted octanol–water partition coefficient (Wildman–Crippen LogP) is 5.67. The minimum Gasteiger partial charge on any atom is -0.465 e. The number of methoxy groups -OCH3 is 1. The normalized spacial score (nSPS) is 33.7. The number of esters is 1. The molecule has 0 unspecified atom stereocenters. The van der Waals surface area contributed by atoms with Gasteiger partial charge in [-0.15, -0.1) is 0 Å². The van der Waals surface area contributed by atoms with Crippen molar-refractivity contribution in [1.29, 1.82) is 0 Å². The lowest BCUT2D eigenvalue weighted by Gasteiger charge is -2.57. The SMILES string of the molecule is COC(=O)c1ccc(CCCC23CC4CC(CC(C4)C2)C3)c(Cl)c1. The number of rotatable bonds is 5. The molecular weight excluding hydrogens is 320 g/mol. The summed E-state index contributed by atoms with van der Waals surface area (Å²) in [5.41, 5.74) is 2.34. The van der Waals surface area contributed by atoms with Crippen molar-refractivity contribution < 1.29 is 9.53 Å². The third-order valence-corrected chi connectivity index (χ3v) is 7.14. The molecule has 0 aromatic heterocycles. The van der Waals surface area contributed by atoms with Crippen LogP contribution in [-0.4, -0.2) is 13.1 Å². The highest BCUT2D eigenvalue weighted by Gasteiger charge is 2.50. The van der Waals surface area contributed by atoms with Gasteiger partial charge in [-0.3, -0.25) is 0 Å². The molecule has 3 heteroatoms. The first-order valence-electron chi connectivity index (χ1n) is 9.44. The highest BCUT2D eigenvalue weighted by atomic mass is 35.5. The maximum atomic E-state index is 11.6. The summed E-state index contributed by atoms with van der Waals surface area (Å²) < 4.78 is 4.75. The molecular formula is C21H27ClO2. The molecule has 5 rings (SSSR count). The Kier molecular flexibility index (Phi) is 4.36. The zero-order valence-electron chi connectivity index (χ0n) is 14.5. The average Bonchev–Trinajstić information content (AvgIpc) is 2.54. The lowest BCUT2D eigenvalue weighted by Crippen LogP contribution is -2.45. The number of ether oxygens (including phenoxy) is 1. The highest BCUT2D eigenvalue weighted by Crippen LogP contribution is 2.61. The van der Waals surface area contributed by atoms with E-state index in [9.17, 15) is 4.79 Å². The maximum Gasteiger partial charge on any atom is 0.337 e. The molecule has 4 fully saturated rings. The molecule has 4 saturated carbocycles. The van der Waals surface area contributed by atoms with Gasteiger partial charge in [-0.25, -0.2) is 4.79 Å². The first-order chi connectivity index (χ1) is 11.6. The molecule has 1 aromatic carbocycles. The standard InChI is InChI=1S/C21H27ClO2/c1-24-20(23)18-5-4-17(19(22)10-18)3-2-6-21-11-14-7-15(12-21)9-16(8-14)13-21/h4-5,10,14-16H,2-3,6-9,11-13H2,1H3. The Labute approximate surface area is 149 Å². The van der Waals surface area contributed by atoms with Crippen LogP contribution < -0.4 is 0 Å². The summed E-state index contributed by atoms with van der Waals surface area (Å²) in [6.45, 7) is 0. The fraction of sp³-hybridized carbons (Fsp3) is 0.667. The molecule has 0 aliphatic heterocycles. The van der Waals surface area contributed by atoms with Gasteiger partial charge in [0, 0.05) is 5.02 Å². The Morgan fingerprint density at radius 3 is 2.33 bits per heavy atom. The number of carbonyl (C=O) groups is 1. The third kappa shape index (κ3) is 3.10. The van der Waals surface area contributed by atoms with Crippen LogP contribution in [0, 0.1) is 23.2 Å². The van der Waals surface area contributed by atoms with Crippen LogP contribution in [0.25, 0.3) is 0 Å². The van der Waals surface area contributed by atoms with E-state index in [1.807, 2.05) is 12.1 Å². The van der Waals surface area contributed by atoms with Gasteiger partial charge >= 0.3 is 5.97 Å². The van der Waals surface area contributed by atoms with E-state index >= 15 is 0 Å². The summed E-state index contributed by atoms with van der Waals surface area (Å²) in [5.74, 6) is 2.76. The van der Waals surface area contributed by atoms with Crippen molar-refractivity contribution in [3.63, 3.8) is 0 Å². The lowest BCUT2D eigenvalue weighted by molar-refractivity contribution is -0.0580. The molecule has 130 valence electrons. The first-order valence-corrected chi connectivity index (χ1v) is 9.81. The molecule has 0 atom stereocenters. The average molecular weight is 347 g/mol. The first kappa shape index (κ1) is 16.4. The maximum absolute atomic E-state index is 11.6. The molecule has 0 heterocycles. The van der Waals surface area contributed by atoms with Crippen LogP contribution in [0.15, 0.2) is 18.2 Å². The zero-order valence-corrected chi connectivity index (χ0v) is 15.3. The predicted molar refractivity (Wildman–Crippen MR) is 96.3 cm³/mol. The summed E-state index contributed by atoms with van der Waals surface area (Å²) in [5, 5.41) is 0.698. The second kappa shape index (κ2) is 6.37. The van der Waals surface area contributed by atoms with Crippen molar-refractivity contribution in [2.24, 2.45) is 23.2 Å². The molecule has 0 radical (unpaired) electrons. The zero-order chi connectivity index (χ0) is 16.7. The monoisotopic (exact) mass is 346 g/mol. The molecule has 0 saturated heterocycles. The second-order valence-electron chi connectivity index (χ2n) is 8.57. The fourth-order valence-corrected chi connectivity index (χ4v) is 6.52. The van der Waals surface area contributed by atoms with Crippen molar-refractivity contribution in [1.82, 2.24) is 0 Å². The third-order valence-electron chi connectivity index (χ3n) is 6.79. The second-order valence-corrected chi connectivity index (χ2v) is 8.98. The quantitative estimate of drug-likeness (QED) is 0.642. The van der Waals surface area contributed by atoms with Crippen LogP contribution in [0.5, 0.6) is 0 Å². The molecule has 0 spiro atoms. The van der Waals surface area contributed by atoms with Gasteiger partial charge in [0.25, 0.3) is 0 Å². The molecule has 0 amide bonds. The molecule has 4 aliphatic rings. The number of hydrogen-bond donors (Lipinski definition) is 0. The van der Waals surface area contributed by atoms with Gasteiger partial charge in [0.1, 0.15) is 0 Å². The molecule has 2 nitrogen and oxygen atoms in total. The topological polar surface area (TPSA) is 26.3 Å². The molecule has 0 N–H and O–H groups in total. The number of benzene rings is 1. The van der Waals surface area contributed by atoms with Crippen molar-refractivity contribution >= 4 is 17.6 Å². The number of halogens is 1. The van der Waals surface area contributed by atoms with E-state index in [0.717, 1.165) is 29.7 Å². The molecule has 4 bridgehead atoms. The van der Waals surface area contributed by atoms with Crippen LogP contribution in [0.2, 0.25) is 5.02 Å². The van der Waals surface area contributed by atoms with E-state index in [1.165, 1.54) is 58.5 Å². The number of carbonyl (C=O) groups excluding carboxylic acids is 1. The van der Waals surface area contributed by atoms with E-state index < -0.39 is 0 Å². The van der Waals surface area contributed by atoms with Gasteiger partial charge < -0.3 is 4.74 Å². The van der Waals surface area contributed by atoms with E-state index in [2.05, 4.69) is 0 Å². The Hall–Kier alpha value is -1.02. The van der Waals surface area contributed by atoms with Crippen molar-refractivity contribution in [3.8, 4) is 0 Å². The van der Waals surface area contributed by atoms with E-state index in [4.69, 9.17) is 16.3 Å². The highest BCUT2D eigenvalue weighted by molar-refractivity contribution is 6.31. The Bertz CT molecular complexity index is 601. The van der Waals surface area contributed by atoms with E-state index in [1.54, 1.807) is 6.07 Å². The van der Waals surface area contributed by atoms with Gasteiger partial charge in [-0.1, -0.05) is 17.7 Å². The van der Waals surface area contributed by atoms with Gasteiger partial charge in [0.2, 0.25) is 0 Å². The Balaban J connectivity index is 1.37. The summed E-state index contributed by atoms with van der Waals surface area (Å²) in [4.78, 5) is 11.6. The van der Waals surface area contributed by atoms with Crippen molar-refractivity contribution in [2.45, 2.75) is 57.8 Å². The molecule has 1 aromatic rings. The summed E-state index contributed by atoms with van der Waals surface area (Å²) >= 11 is 6.38. The van der Waals surface area contributed by atoms with Crippen LogP contribution in [0.3, 0.4) is 0 Å². The van der Waals surface area contributed by atoms with E-state index in [0.29, 0.717) is 16.0 Å². The number of aryl methyl sites for hydroxylation is 1. The number of hydrogen-bond acceptors (Lipinski definition) is 2.